The van der Waals surface area contributed by atoms with Gasteiger partial charge < -0.3 is 15.4 Å². The summed E-state index contributed by atoms with van der Waals surface area (Å²) in [5.41, 5.74) is 0. The first-order valence-electron chi connectivity index (χ1n) is 7.00. The van der Waals surface area contributed by atoms with Gasteiger partial charge in [-0.25, -0.2) is 0 Å². The van der Waals surface area contributed by atoms with Gasteiger partial charge in [0.05, 0.1) is 13.0 Å². The Morgan fingerprint density at radius 1 is 1.30 bits per heavy atom. The van der Waals surface area contributed by atoms with E-state index in [0.717, 1.165) is 18.6 Å². The van der Waals surface area contributed by atoms with Gasteiger partial charge in [-0.05, 0) is 31.4 Å². The van der Waals surface area contributed by atoms with Gasteiger partial charge >= 0.3 is 0 Å². The maximum Gasteiger partial charge on any atom is 0.242 e. The van der Waals surface area contributed by atoms with Crippen molar-refractivity contribution in [2.75, 3.05) is 13.2 Å². The van der Waals surface area contributed by atoms with Crippen LogP contribution < -0.4 is 15.4 Å². The normalized spacial score (nSPS) is 18.8. The standard InChI is InChI=1S/C15H20N2O3/c18-14(9-11-20-12-6-2-1-3-7-12)17-13-8-4-5-10-16-15(13)19/h1-3,6-7,13H,4-5,8-11H2,(H,16,19)(H,17,18). The number of carbonyl (C=O) groups is 2. The second kappa shape index (κ2) is 7.53. The molecule has 2 rings (SSSR count). The first kappa shape index (κ1) is 14.4. The maximum absolute atomic E-state index is 11.8. The highest BCUT2D eigenvalue weighted by molar-refractivity contribution is 5.87. The van der Waals surface area contributed by atoms with E-state index in [1.807, 2.05) is 30.3 Å². The Morgan fingerprint density at radius 2 is 2.10 bits per heavy atom. The number of amides is 2. The van der Waals surface area contributed by atoms with Crippen molar-refractivity contribution in [1.29, 1.82) is 0 Å². The summed E-state index contributed by atoms with van der Waals surface area (Å²) in [6, 6.07) is 8.95. The average molecular weight is 276 g/mol. The summed E-state index contributed by atoms with van der Waals surface area (Å²) >= 11 is 0. The molecule has 5 heteroatoms. The highest BCUT2D eigenvalue weighted by Gasteiger charge is 2.21. The molecule has 0 saturated carbocycles. The van der Waals surface area contributed by atoms with E-state index >= 15 is 0 Å². The van der Waals surface area contributed by atoms with Gasteiger partial charge in [0, 0.05) is 6.54 Å². The van der Waals surface area contributed by atoms with Crippen LogP contribution in [0.4, 0.5) is 0 Å². The molecule has 1 aromatic rings. The number of benzene rings is 1. The van der Waals surface area contributed by atoms with Gasteiger partial charge in [0.2, 0.25) is 11.8 Å². The number of nitrogens with one attached hydrogen (secondary N) is 2. The second-order valence-electron chi connectivity index (χ2n) is 4.82. The van der Waals surface area contributed by atoms with Gasteiger partial charge in [-0.3, -0.25) is 9.59 Å². The van der Waals surface area contributed by atoms with E-state index in [-0.39, 0.29) is 18.2 Å². The molecule has 2 amide bonds. The molecule has 1 aliphatic heterocycles. The molecular weight excluding hydrogens is 256 g/mol. The average Bonchev–Trinajstić information content (AvgIpc) is 2.65. The van der Waals surface area contributed by atoms with Crippen molar-refractivity contribution >= 4 is 11.8 Å². The molecule has 20 heavy (non-hydrogen) atoms. The van der Waals surface area contributed by atoms with Crippen molar-refractivity contribution < 1.29 is 14.3 Å². The van der Waals surface area contributed by atoms with E-state index < -0.39 is 6.04 Å². The Hall–Kier alpha value is -2.04. The Kier molecular flexibility index (Phi) is 5.41. The van der Waals surface area contributed by atoms with Crippen LogP contribution >= 0.6 is 0 Å². The van der Waals surface area contributed by atoms with Crippen molar-refractivity contribution in [3.05, 3.63) is 30.3 Å². The minimum absolute atomic E-state index is 0.0835. The van der Waals surface area contributed by atoms with Crippen molar-refractivity contribution in [2.45, 2.75) is 31.7 Å². The van der Waals surface area contributed by atoms with Crippen molar-refractivity contribution in [3.63, 3.8) is 0 Å². The third kappa shape index (κ3) is 4.57. The highest BCUT2D eigenvalue weighted by Crippen LogP contribution is 2.09. The predicted molar refractivity (Wildman–Crippen MR) is 75.3 cm³/mol. The molecule has 1 unspecified atom stereocenters. The summed E-state index contributed by atoms with van der Waals surface area (Å²) < 4.78 is 5.46. The molecule has 5 nitrogen and oxygen atoms in total. The molecule has 1 aliphatic rings. The molecule has 1 fully saturated rings. The Balaban J connectivity index is 1.70. The van der Waals surface area contributed by atoms with Crippen LogP contribution in [-0.4, -0.2) is 31.0 Å². The summed E-state index contributed by atoms with van der Waals surface area (Å²) in [4.78, 5) is 23.5. The molecule has 1 aromatic carbocycles. The van der Waals surface area contributed by atoms with Gasteiger partial charge in [0.25, 0.3) is 0 Å². The van der Waals surface area contributed by atoms with Gasteiger partial charge in [0.1, 0.15) is 11.8 Å². The van der Waals surface area contributed by atoms with E-state index in [9.17, 15) is 9.59 Å². The van der Waals surface area contributed by atoms with Crippen molar-refractivity contribution in [3.8, 4) is 5.75 Å². The molecule has 0 aromatic heterocycles. The number of para-hydroxylation sites is 1. The van der Waals surface area contributed by atoms with E-state index in [2.05, 4.69) is 10.6 Å². The van der Waals surface area contributed by atoms with Crippen molar-refractivity contribution in [1.82, 2.24) is 10.6 Å². The SMILES string of the molecule is O=C(CCOc1ccccc1)NC1CCCCNC1=O. The lowest BCUT2D eigenvalue weighted by molar-refractivity contribution is -0.129. The van der Waals surface area contributed by atoms with E-state index in [0.29, 0.717) is 19.6 Å². The fraction of sp³-hybridized carbons (Fsp3) is 0.467. The molecule has 1 saturated heterocycles. The van der Waals surface area contributed by atoms with Gasteiger partial charge in [-0.1, -0.05) is 18.2 Å². The molecular formula is C15H20N2O3. The fourth-order valence-corrected chi connectivity index (χ4v) is 2.12. The van der Waals surface area contributed by atoms with Crippen LogP contribution in [0.25, 0.3) is 0 Å². The summed E-state index contributed by atoms with van der Waals surface area (Å²) in [6.07, 6.45) is 2.87. The second-order valence-corrected chi connectivity index (χ2v) is 4.82. The monoisotopic (exact) mass is 276 g/mol. The van der Waals surface area contributed by atoms with Crippen LogP contribution in [0.3, 0.4) is 0 Å². The molecule has 0 spiro atoms. The summed E-state index contributed by atoms with van der Waals surface area (Å²) in [5, 5.41) is 5.56. The minimum atomic E-state index is -0.401. The van der Waals surface area contributed by atoms with E-state index in [4.69, 9.17) is 4.74 Å². The summed E-state index contributed by atoms with van der Waals surface area (Å²) in [5.74, 6) is 0.510. The zero-order valence-electron chi connectivity index (χ0n) is 11.4. The zero-order valence-corrected chi connectivity index (χ0v) is 11.4. The van der Waals surface area contributed by atoms with Crippen LogP contribution in [0.15, 0.2) is 30.3 Å². The van der Waals surface area contributed by atoms with Crippen LogP contribution in [0.2, 0.25) is 0 Å². The lowest BCUT2D eigenvalue weighted by Crippen LogP contribution is -2.45. The van der Waals surface area contributed by atoms with Crippen LogP contribution in [0.1, 0.15) is 25.7 Å². The maximum atomic E-state index is 11.8. The van der Waals surface area contributed by atoms with Gasteiger partial charge in [-0.15, -0.1) is 0 Å². The highest BCUT2D eigenvalue weighted by atomic mass is 16.5. The third-order valence-electron chi connectivity index (χ3n) is 3.21. The van der Waals surface area contributed by atoms with Crippen molar-refractivity contribution in [2.24, 2.45) is 0 Å². The Bertz CT molecular complexity index is 448. The van der Waals surface area contributed by atoms with E-state index in [1.165, 1.54) is 0 Å². The number of carbonyl (C=O) groups excluding carboxylic acids is 2. The molecule has 0 aliphatic carbocycles. The van der Waals surface area contributed by atoms with Crippen LogP contribution in [0.5, 0.6) is 5.75 Å². The number of hydrogen-bond acceptors (Lipinski definition) is 3. The van der Waals surface area contributed by atoms with Crippen LogP contribution in [0, 0.1) is 0 Å². The summed E-state index contributed by atoms with van der Waals surface area (Å²) in [6.45, 7) is 1.01. The molecule has 1 atom stereocenters. The third-order valence-corrected chi connectivity index (χ3v) is 3.21. The molecule has 108 valence electrons. The number of rotatable bonds is 5. The number of ether oxygens (including phenoxy) is 1. The smallest absolute Gasteiger partial charge is 0.242 e. The quantitative estimate of drug-likeness (QED) is 0.850. The molecule has 1 heterocycles. The largest absolute Gasteiger partial charge is 0.493 e. The molecule has 0 radical (unpaired) electrons. The molecule has 2 N–H and O–H groups in total. The first-order valence-corrected chi connectivity index (χ1v) is 7.00. The van der Waals surface area contributed by atoms with E-state index in [1.54, 1.807) is 0 Å². The van der Waals surface area contributed by atoms with Crippen LogP contribution in [-0.2, 0) is 9.59 Å². The molecule has 0 bridgehead atoms. The topological polar surface area (TPSA) is 67.4 Å². The number of hydrogen-bond donors (Lipinski definition) is 2. The lowest BCUT2D eigenvalue weighted by atomic mass is 10.1. The Labute approximate surface area is 118 Å². The predicted octanol–water partition coefficient (Wildman–Crippen LogP) is 1.24. The first-order chi connectivity index (χ1) is 9.75. The van der Waals surface area contributed by atoms with Gasteiger partial charge in [0.15, 0.2) is 0 Å². The fourth-order valence-electron chi connectivity index (χ4n) is 2.12. The Morgan fingerprint density at radius 3 is 2.90 bits per heavy atom. The zero-order chi connectivity index (χ0) is 14.2. The minimum Gasteiger partial charge on any atom is -0.493 e. The lowest BCUT2D eigenvalue weighted by Gasteiger charge is -2.15. The summed E-state index contributed by atoms with van der Waals surface area (Å²) in [7, 11) is 0. The van der Waals surface area contributed by atoms with Gasteiger partial charge in [-0.2, -0.15) is 0 Å².